The zero-order valence-electron chi connectivity index (χ0n) is 14.9. The molecule has 0 amide bonds. The van der Waals surface area contributed by atoms with Gasteiger partial charge in [0.1, 0.15) is 11.1 Å². The second-order valence-corrected chi connectivity index (χ2v) is 6.07. The van der Waals surface area contributed by atoms with Crippen LogP contribution in [0, 0.1) is 0 Å². The molecule has 0 saturated carbocycles. The Kier molecular flexibility index (Phi) is 4.12. The van der Waals surface area contributed by atoms with Crippen LogP contribution >= 0.6 is 0 Å². The molecule has 134 valence electrons. The van der Waals surface area contributed by atoms with E-state index in [1.54, 1.807) is 0 Å². The highest BCUT2D eigenvalue weighted by Gasteiger charge is 2.31. The van der Waals surface area contributed by atoms with Gasteiger partial charge in [-0.1, -0.05) is 54.6 Å². The van der Waals surface area contributed by atoms with Gasteiger partial charge in [-0.2, -0.15) is 0 Å². The molecular formula is C22H17NO4. The molecule has 4 rings (SSSR count). The maximum atomic E-state index is 12.7. The molecule has 4 aromatic rings. The van der Waals surface area contributed by atoms with E-state index in [0.29, 0.717) is 11.2 Å². The van der Waals surface area contributed by atoms with Gasteiger partial charge in [0.05, 0.1) is 25.4 Å². The molecule has 0 aliphatic heterocycles. The molecule has 0 saturated heterocycles. The zero-order valence-corrected chi connectivity index (χ0v) is 14.9. The monoisotopic (exact) mass is 359 g/mol. The molecule has 2 aromatic heterocycles. The Bertz CT molecular complexity index is 1180. The molecule has 0 aliphatic rings. The molecule has 0 bridgehead atoms. The predicted octanol–water partition coefficient (Wildman–Crippen LogP) is 4.33. The fraction of sp³-hybridized carbons (Fsp3) is 0.0909. The average molecular weight is 359 g/mol. The van der Waals surface area contributed by atoms with E-state index < -0.39 is 11.9 Å². The minimum atomic E-state index is -0.581. The largest absolute Gasteiger partial charge is 0.465 e. The number of methoxy groups -OCH3 is 2. The van der Waals surface area contributed by atoms with Crippen LogP contribution in [0.3, 0.4) is 0 Å². The lowest BCUT2D eigenvalue weighted by Crippen LogP contribution is -2.10. The van der Waals surface area contributed by atoms with Gasteiger partial charge in [0.25, 0.3) is 0 Å². The van der Waals surface area contributed by atoms with Crippen LogP contribution in [0.4, 0.5) is 0 Å². The molecule has 0 N–H and O–H groups in total. The number of benzene rings is 2. The third-order valence-corrected chi connectivity index (χ3v) is 4.65. The predicted molar refractivity (Wildman–Crippen MR) is 103 cm³/mol. The summed E-state index contributed by atoms with van der Waals surface area (Å²) in [6.45, 7) is 0. The number of fused-ring (bicyclic) bond motifs is 3. The van der Waals surface area contributed by atoms with E-state index in [9.17, 15) is 9.59 Å². The molecule has 5 heteroatoms. The molecule has 0 aliphatic carbocycles. The van der Waals surface area contributed by atoms with Gasteiger partial charge < -0.3 is 13.9 Å². The first-order valence-electron chi connectivity index (χ1n) is 8.45. The zero-order chi connectivity index (χ0) is 19.0. The Morgan fingerprint density at radius 2 is 1.41 bits per heavy atom. The van der Waals surface area contributed by atoms with Crippen molar-refractivity contribution in [1.82, 2.24) is 4.40 Å². The third kappa shape index (κ3) is 2.56. The molecule has 5 nitrogen and oxygen atoms in total. The van der Waals surface area contributed by atoms with Crippen LogP contribution in [0.1, 0.15) is 20.7 Å². The van der Waals surface area contributed by atoms with Crippen molar-refractivity contribution in [2.24, 2.45) is 0 Å². The van der Waals surface area contributed by atoms with Crippen molar-refractivity contribution in [3.05, 3.63) is 78.0 Å². The standard InChI is InChI=1S/C22H17NO4/c1-26-21(24)17-18(22(25)27-2)20-16-11-7-6-8-14(16)12-13-23(20)19(17)15-9-4-3-5-10-15/h3-13H,1-2H3. The van der Waals surface area contributed by atoms with Gasteiger partial charge in [-0.05, 0) is 17.0 Å². The molecular weight excluding hydrogens is 342 g/mol. The SMILES string of the molecule is COC(=O)c1c(C(=O)OC)c2c3ccccc3ccn2c1-c1ccccc1. The summed E-state index contributed by atoms with van der Waals surface area (Å²) in [5.41, 5.74) is 2.44. The maximum absolute atomic E-state index is 12.7. The highest BCUT2D eigenvalue weighted by molar-refractivity contribution is 6.17. The summed E-state index contributed by atoms with van der Waals surface area (Å²) in [7, 11) is 2.61. The molecule has 0 spiro atoms. The molecule has 0 radical (unpaired) electrons. The van der Waals surface area contributed by atoms with Crippen LogP contribution < -0.4 is 0 Å². The van der Waals surface area contributed by atoms with E-state index in [1.165, 1.54) is 14.2 Å². The summed E-state index contributed by atoms with van der Waals surface area (Å²) in [6, 6.07) is 19.1. The Morgan fingerprint density at radius 1 is 0.778 bits per heavy atom. The van der Waals surface area contributed by atoms with Crippen molar-refractivity contribution in [2.75, 3.05) is 14.2 Å². The number of hydrogen-bond donors (Lipinski definition) is 0. The first kappa shape index (κ1) is 16.8. The smallest absolute Gasteiger partial charge is 0.340 e. The maximum Gasteiger partial charge on any atom is 0.340 e. The fourth-order valence-corrected chi connectivity index (χ4v) is 3.50. The topological polar surface area (TPSA) is 57.0 Å². The number of nitrogens with zero attached hydrogens (tertiary/aromatic N) is 1. The summed E-state index contributed by atoms with van der Waals surface area (Å²) in [4.78, 5) is 25.4. The second-order valence-electron chi connectivity index (χ2n) is 6.07. The Hall–Kier alpha value is -3.60. The van der Waals surface area contributed by atoms with Crippen LogP contribution in [0.2, 0.25) is 0 Å². The van der Waals surface area contributed by atoms with Crippen LogP contribution in [-0.2, 0) is 9.47 Å². The minimum absolute atomic E-state index is 0.201. The number of hydrogen-bond acceptors (Lipinski definition) is 4. The van der Waals surface area contributed by atoms with Crippen LogP contribution in [-0.4, -0.2) is 30.6 Å². The highest BCUT2D eigenvalue weighted by atomic mass is 16.5. The number of carbonyl (C=O) groups is 2. The van der Waals surface area contributed by atoms with E-state index in [0.717, 1.165) is 16.3 Å². The van der Waals surface area contributed by atoms with E-state index in [2.05, 4.69) is 0 Å². The first-order chi connectivity index (χ1) is 13.2. The van der Waals surface area contributed by atoms with Gasteiger partial charge >= 0.3 is 11.9 Å². The molecule has 0 unspecified atom stereocenters. The third-order valence-electron chi connectivity index (χ3n) is 4.65. The number of carbonyl (C=O) groups excluding carboxylic acids is 2. The lowest BCUT2D eigenvalue weighted by Gasteiger charge is -2.07. The van der Waals surface area contributed by atoms with E-state index >= 15 is 0 Å². The van der Waals surface area contributed by atoms with Gasteiger partial charge in [0.15, 0.2) is 0 Å². The summed E-state index contributed by atoms with van der Waals surface area (Å²) in [5.74, 6) is -1.16. The minimum Gasteiger partial charge on any atom is -0.465 e. The molecule has 0 fully saturated rings. The lowest BCUT2D eigenvalue weighted by molar-refractivity contribution is 0.0558. The van der Waals surface area contributed by atoms with Crippen LogP contribution in [0.5, 0.6) is 0 Å². The normalized spacial score (nSPS) is 10.9. The van der Waals surface area contributed by atoms with Gasteiger partial charge in [-0.25, -0.2) is 9.59 Å². The number of esters is 2. The molecule has 0 atom stereocenters. The average Bonchev–Trinajstić information content (AvgIpc) is 3.08. The van der Waals surface area contributed by atoms with Crippen molar-refractivity contribution in [3.63, 3.8) is 0 Å². The Balaban J connectivity index is 2.26. The number of ether oxygens (including phenoxy) is 2. The van der Waals surface area contributed by atoms with Crippen molar-refractivity contribution >= 4 is 28.2 Å². The van der Waals surface area contributed by atoms with Crippen molar-refractivity contribution in [2.45, 2.75) is 0 Å². The van der Waals surface area contributed by atoms with E-state index in [-0.39, 0.29) is 11.1 Å². The Morgan fingerprint density at radius 3 is 2.11 bits per heavy atom. The highest BCUT2D eigenvalue weighted by Crippen LogP contribution is 2.36. The summed E-state index contributed by atoms with van der Waals surface area (Å²) in [5, 5.41) is 1.82. The van der Waals surface area contributed by atoms with Gasteiger partial charge in [-0.15, -0.1) is 0 Å². The first-order valence-corrected chi connectivity index (χ1v) is 8.45. The molecule has 2 aromatic carbocycles. The van der Waals surface area contributed by atoms with Gasteiger partial charge in [0.2, 0.25) is 0 Å². The summed E-state index contributed by atoms with van der Waals surface area (Å²) >= 11 is 0. The van der Waals surface area contributed by atoms with Crippen molar-refractivity contribution in [1.29, 1.82) is 0 Å². The van der Waals surface area contributed by atoms with Crippen molar-refractivity contribution in [3.8, 4) is 11.3 Å². The number of aromatic nitrogens is 1. The van der Waals surface area contributed by atoms with Gasteiger partial charge in [-0.3, -0.25) is 0 Å². The van der Waals surface area contributed by atoms with Crippen molar-refractivity contribution < 1.29 is 19.1 Å². The summed E-state index contributed by atoms with van der Waals surface area (Å²) < 4.78 is 11.9. The molecule has 2 heterocycles. The number of pyridine rings is 1. The van der Waals surface area contributed by atoms with Crippen LogP contribution in [0.15, 0.2) is 66.9 Å². The lowest BCUT2D eigenvalue weighted by atomic mass is 10.0. The fourth-order valence-electron chi connectivity index (χ4n) is 3.50. The summed E-state index contributed by atoms with van der Waals surface area (Å²) in [6.07, 6.45) is 1.86. The number of rotatable bonds is 3. The second kappa shape index (κ2) is 6.61. The Labute approximate surface area is 155 Å². The quantitative estimate of drug-likeness (QED) is 0.511. The van der Waals surface area contributed by atoms with E-state index in [1.807, 2.05) is 71.3 Å². The van der Waals surface area contributed by atoms with Crippen LogP contribution in [0.25, 0.3) is 27.5 Å². The molecule has 27 heavy (non-hydrogen) atoms. The van der Waals surface area contributed by atoms with E-state index in [4.69, 9.17) is 9.47 Å². The van der Waals surface area contributed by atoms with Gasteiger partial charge in [0, 0.05) is 11.6 Å².